The van der Waals surface area contributed by atoms with E-state index in [1.807, 2.05) is 0 Å². The second kappa shape index (κ2) is 16.8. The molecule has 17 nitrogen and oxygen atoms in total. The predicted molar refractivity (Wildman–Crippen MR) is 157 cm³/mol. The Morgan fingerprint density at radius 2 is 1.67 bits per heavy atom. The van der Waals surface area contributed by atoms with Crippen LogP contribution in [0.15, 0.2) is 36.7 Å². The van der Waals surface area contributed by atoms with Crippen LogP contribution >= 0.6 is 0 Å². The average Bonchev–Trinajstić information content (AvgIpc) is 3.53. The Bertz CT molecular complexity index is 1320. The van der Waals surface area contributed by atoms with Gasteiger partial charge in [0.15, 0.2) is 0 Å². The smallest absolute Gasteiger partial charge is 0.245 e. The summed E-state index contributed by atoms with van der Waals surface area (Å²) in [5, 5.41) is 33.5. The van der Waals surface area contributed by atoms with E-state index in [2.05, 4.69) is 42.1 Å². The normalized spacial score (nSPS) is 22.8. The van der Waals surface area contributed by atoms with Gasteiger partial charge in [0, 0.05) is 25.9 Å². The van der Waals surface area contributed by atoms with Crippen molar-refractivity contribution < 1.29 is 33.9 Å². The molecular formula is C28H40N10O7. The molecule has 0 saturated carbocycles. The molecule has 1 fully saturated rings. The van der Waals surface area contributed by atoms with Gasteiger partial charge in [-0.05, 0) is 28.8 Å². The van der Waals surface area contributed by atoms with Crippen molar-refractivity contribution in [2.45, 2.75) is 64.3 Å². The molecule has 244 valence electrons. The van der Waals surface area contributed by atoms with Crippen molar-refractivity contribution in [3.8, 4) is 0 Å². The van der Waals surface area contributed by atoms with Crippen LogP contribution in [0.1, 0.15) is 32.8 Å². The van der Waals surface area contributed by atoms with Crippen LogP contribution < -0.4 is 26.6 Å². The van der Waals surface area contributed by atoms with E-state index in [0.29, 0.717) is 0 Å². The van der Waals surface area contributed by atoms with Gasteiger partial charge in [0.1, 0.15) is 30.5 Å². The van der Waals surface area contributed by atoms with Crippen molar-refractivity contribution in [3.05, 3.63) is 42.2 Å². The number of nitrogens with zero attached hydrogens (tertiary/aromatic N) is 5. The van der Waals surface area contributed by atoms with E-state index in [0.717, 1.165) is 5.56 Å². The van der Waals surface area contributed by atoms with Gasteiger partial charge < -0.3 is 36.6 Å². The lowest BCUT2D eigenvalue weighted by molar-refractivity contribution is -0.138. The summed E-state index contributed by atoms with van der Waals surface area (Å²) in [6, 6.07) is 4.16. The summed E-state index contributed by atoms with van der Waals surface area (Å²) in [4.78, 5) is 79.9. The number of amides is 6. The standard InChI is InChI=1S/C28H40N10O7/c1-17(2)24-28(45)31-18(3)25(42)33-21(15-39)27(44)32-20(13-19-7-5-4-6-8-19)26(43)29-10-12-37(14-22(40)34-24)23(41)9-11-38-16-30-35-36-38/h4-8,16-18,20-21,24,39H,9-15H2,1-3H3,(H,29,43)(H,31,45)(H,32,44)(H,33,42)(H,34,40)/t18-,20+,21-,24+/m0/s1. The second-order valence-electron chi connectivity index (χ2n) is 10.9. The highest BCUT2D eigenvalue weighted by Crippen LogP contribution is 2.07. The maximum Gasteiger partial charge on any atom is 0.245 e. The fourth-order valence-electron chi connectivity index (χ4n) is 4.50. The van der Waals surface area contributed by atoms with Gasteiger partial charge in [0.2, 0.25) is 35.4 Å². The van der Waals surface area contributed by atoms with E-state index < -0.39 is 78.7 Å². The van der Waals surface area contributed by atoms with Gasteiger partial charge in [-0.25, -0.2) is 4.68 Å². The highest BCUT2D eigenvalue weighted by Gasteiger charge is 2.31. The number of nitrogens with one attached hydrogen (secondary N) is 5. The molecule has 6 N–H and O–H groups in total. The van der Waals surface area contributed by atoms with Gasteiger partial charge in [-0.2, -0.15) is 0 Å². The van der Waals surface area contributed by atoms with Gasteiger partial charge in [0.25, 0.3) is 0 Å². The molecule has 3 rings (SSSR count). The van der Waals surface area contributed by atoms with Gasteiger partial charge in [-0.3, -0.25) is 28.8 Å². The summed E-state index contributed by atoms with van der Waals surface area (Å²) >= 11 is 0. The number of aryl methyl sites for hydroxylation is 1. The summed E-state index contributed by atoms with van der Waals surface area (Å²) in [5.41, 5.74) is 0.733. The average molecular weight is 629 g/mol. The topological polar surface area (TPSA) is 230 Å². The van der Waals surface area contributed by atoms with Crippen molar-refractivity contribution in [1.29, 1.82) is 0 Å². The number of carbonyl (C=O) groups is 6. The number of carbonyl (C=O) groups excluding carboxylic acids is 6. The number of aliphatic hydroxyl groups excluding tert-OH is 1. The Balaban J connectivity index is 1.87. The molecule has 0 aliphatic carbocycles. The molecule has 0 unspecified atom stereocenters. The first kappa shape index (κ1) is 34.6. The van der Waals surface area contributed by atoms with Crippen LogP contribution in [0.5, 0.6) is 0 Å². The third kappa shape index (κ3) is 10.6. The van der Waals surface area contributed by atoms with E-state index >= 15 is 0 Å². The van der Waals surface area contributed by atoms with E-state index in [-0.39, 0.29) is 32.5 Å². The summed E-state index contributed by atoms with van der Waals surface area (Å²) in [6.45, 7) is 3.59. The molecule has 0 spiro atoms. The molecular weight excluding hydrogens is 588 g/mol. The van der Waals surface area contributed by atoms with Crippen molar-refractivity contribution in [2.75, 3.05) is 26.2 Å². The van der Waals surface area contributed by atoms with E-state index in [1.54, 1.807) is 44.2 Å². The number of aliphatic hydroxyl groups is 1. The number of aromatic nitrogens is 4. The summed E-state index contributed by atoms with van der Waals surface area (Å²) in [6.07, 6.45) is 1.38. The molecule has 4 atom stereocenters. The first-order valence-corrected chi connectivity index (χ1v) is 14.6. The summed E-state index contributed by atoms with van der Waals surface area (Å²) in [5.74, 6) is -4.26. The van der Waals surface area contributed by atoms with Crippen molar-refractivity contribution in [2.24, 2.45) is 5.92 Å². The molecule has 1 aromatic carbocycles. The number of benzene rings is 1. The zero-order valence-electron chi connectivity index (χ0n) is 25.4. The van der Waals surface area contributed by atoms with Crippen LogP contribution in [0.2, 0.25) is 0 Å². The molecule has 1 aromatic heterocycles. The molecule has 2 aromatic rings. The predicted octanol–water partition coefficient (Wildman–Crippen LogP) is -3.13. The molecule has 6 amide bonds. The lowest BCUT2D eigenvalue weighted by Gasteiger charge is -2.28. The Hall–Kier alpha value is -4.93. The highest BCUT2D eigenvalue weighted by molar-refractivity contribution is 5.96. The first-order valence-electron chi connectivity index (χ1n) is 14.6. The van der Waals surface area contributed by atoms with Crippen LogP contribution in [-0.4, -0.2) is 116 Å². The number of rotatable bonds is 7. The van der Waals surface area contributed by atoms with Crippen molar-refractivity contribution in [3.63, 3.8) is 0 Å². The van der Waals surface area contributed by atoms with Crippen molar-refractivity contribution in [1.82, 2.24) is 51.7 Å². The maximum atomic E-state index is 13.3. The fourth-order valence-corrected chi connectivity index (χ4v) is 4.50. The molecule has 2 heterocycles. The first-order chi connectivity index (χ1) is 21.5. The Morgan fingerprint density at radius 3 is 2.31 bits per heavy atom. The summed E-state index contributed by atoms with van der Waals surface area (Å²) < 4.78 is 1.36. The van der Waals surface area contributed by atoms with E-state index in [9.17, 15) is 33.9 Å². The van der Waals surface area contributed by atoms with Crippen LogP contribution in [0.4, 0.5) is 0 Å². The SMILES string of the molecule is CC(C)[C@H]1NC(=O)CN(C(=O)CCn2cnnn2)CCNC(=O)[C@@H](Cc2ccccc2)NC(=O)[C@H](CO)NC(=O)[C@H](C)NC1=O. The van der Waals surface area contributed by atoms with Gasteiger partial charge in [-0.15, -0.1) is 5.10 Å². The monoisotopic (exact) mass is 628 g/mol. The highest BCUT2D eigenvalue weighted by atomic mass is 16.3. The third-order valence-electron chi connectivity index (χ3n) is 7.06. The lowest BCUT2D eigenvalue weighted by atomic mass is 10.0. The number of tetrazole rings is 1. The zero-order chi connectivity index (χ0) is 32.9. The van der Waals surface area contributed by atoms with Crippen LogP contribution in [0.25, 0.3) is 0 Å². The number of hydrogen-bond acceptors (Lipinski definition) is 10. The molecule has 0 bridgehead atoms. The molecule has 0 radical (unpaired) electrons. The Morgan fingerprint density at radius 1 is 0.956 bits per heavy atom. The molecule has 1 aliphatic heterocycles. The van der Waals surface area contributed by atoms with E-state index in [1.165, 1.54) is 22.8 Å². The molecule has 17 heteroatoms. The molecule has 45 heavy (non-hydrogen) atoms. The summed E-state index contributed by atoms with van der Waals surface area (Å²) in [7, 11) is 0. The van der Waals surface area contributed by atoms with Crippen LogP contribution in [0, 0.1) is 5.92 Å². The maximum absolute atomic E-state index is 13.3. The lowest BCUT2D eigenvalue weighted by Crippen LogP contribution is -2.60. The van der Waals surface area contributed by atoms with Crippen LogP contribution in [-0.2, 0) is 41.7 Å². The fraction of sp³-hybridized carbons (Fsp3) is 0.536. The largest absolute Gasteiger partial charge is 0.394 e. The van der Waals surface area contributed by atoms with Gasteiger partial charge in [-0.1, -0.05) is 44.2 Å². The minimum atomic E-state index is -1.42. The molecule has 1 saturated heterocycles. The van der Waals surface area contributed by atoms with Gasteiger partial charge in [0.05, 0.1) is 19.7 Å². The Kier molecular flexibility index (Phi) is 12.9. The zero-order valence-corrected chi connectivity index (χ0v) is 25.4. The van der Waals surface area contributed by atoms with E-state index in [4.69, 9.17) is 0 Å². The quantitative estimate of drug-likeness (QED) is 0.181. The van der Waals surface area contributed by atoms with Gasteiger partial charge >= 0.3 is 0 Å². The number of hydrogen-bond donors (Lipinski definition) is 6. The second-order valence-corrected chi connectivity index (χ2v) is 10.9. The minimum absolute atomic E-state index is 0.0533. The third-order valence-corrected chi connectivity index (χ3v) is 7.06. The molecule has 1 aliphatic rings. The van der Waals surface area contributed by atoms with Crippen LogP contribution in [0.3, 0.4) is 0 Å². The minimum Gasteiger partial charge on any atom is -0.394 e. The Labute approximate surface area is 259 Å². The van der Waals surface area contributed by atoms with Crippen molar-refractivity contribution >= 4 is 35.4 Å².